The highest BCUT2D eigenvalue weighted by Gasteiger charge is 2.16. The van der Waals surface area contributed by atoms with E-state index in [0.717, 1.165) is 33.2 Å². The average molecular weight is 587 g/mol. The van der Waals surface area contributed by atoms with Crippen LogP contribution in [0, 0.1) is 0 Å². The number of hydrogen-bond donors (Lipinski definition) is 2. The van der Waals surface area contributed by atoms with Crippen molar-refractivity contribution in [1.29, 1.82) is 0 Å². The van der Waals surface area contributed by atoms with E-state index < -0.39 is 12.2 Å². The molecule has 194 valence electrons. The van der Waals surface area contributed by atoms with Gasteiger partial charge in [-0.3, -0.25) is 0 Å². The van der Waals surface area contributed by atoms with E-state index in [4.69, 9.17) is 18.9 Å². The van der Waals surface area contributed by atoms with Gasteiger partial charge in [0, 0.05) is 39.6 Å². The van der Waals surface area contributed by atoms with Gasteiger partial charge in [0.25, 0.3) is 0 Å². The maximum atomic E-state index is 10.2. The van der Waals surface area contributed by atoms with Crippen molar-refractivity contribution < 1.29 is 29.2 Å². The van der Waals surface area contributed by atoms with Crippen LogP contribution < -0.4 is 9.47 Å². The molecule has 34 heavy (non-hydrogen) atoms. The van der Waals surface area contributed by atoms with Gasteiger partial charge in [0.05, 0.1) is 17.3 Å². The summed E-state index contributed by atoms with van der Waals surface area (Å²) in [5.74, 6) is 1.25. The molecule has 1 aromatic carbocycles. The van der Waals surface area contributed by atoms with Crippen LogP contribution in [0.5, 0.6) is 11.5 Å². The molecule has 0 radical (unpaired) electrons. The van der Waals surface area contributed by atoms with Gasteiger partial charge in [-0.2, -0.15) is 0 Å². The van der Waals surface area contributed by atoms with Gasteiger partial charge in [-0.25, -0.2) is 0 Å². The van der Waals surface area contributed by atoms with E-state index in [0.29, 0.717) is 35.7 Å². The lowest BCUT2D eigenvalue weighted by Crippen LogP contribution is -2.24. The topological polar surface area (TPSA) is 77.4 Å². The highest BCUT2D eigenvalue weighted by molar-refractivity contribution is 8.32. The van der Waals surface area contributed by atoms with Crippen molar-refractivity contribution in [3.05, 3.63) is 24.3 Å². The van der Waals surface area contributed by atoms with Gasteiger partial charge in [-0.1, -0.05) is 6.07 Å². The van der Waals surface area contributed by atoms with E-state index >= 15 is 0 Å². The number of thioether (sulfide) groups is 6. The quantitative estimate of drug-likeness (QED) is 0.249. The Morgan fingerprint density at radius 3 is 2.18 bits per heavy atom. The first-order valence-corrected chi connectivity index (χ1v) is 17.7. The van der Waals surface area contributed by atoms with Crippen molar-refractivity contribution in [2.24, 2.45) is 0 Å². The van der Waals surface area contributed by atoms with E-state index in [9.17, 15) is 10.2 Å². The summed E-state index contributed by atoms with van der Waals surface area (Å²) in [7, 11) is 0. The molecule has 0 bridgehead atoms. The number of benzene rings is 1. The molecule has 2 fully saturated rings. The summed E-state index contributed by atoms with van der Waals surface area (Å²) < 4.78 is 23.7. The van der Waals surface area contributed by atoms with E-state index in [1.807, 2.05) is 88.8 Å². The molecular weight excluding hydrogens is 553 g/mol. The third-order valence-electron chi connectivity index (χ3n) is 4.68. The van der Waals surface area contributed by atoms with Crippen LogP contribution in [0.15, 0.2) is 24.3 Å². The Morgan fingerprint density at radius 1 is 0.824 bits per heavy atom. The predicted molar refractivity (Wildman–Crippen MR) is 153 cm³/mol. The summed E-state index contributed by atoms with van der Waals surface area (Å²) >= 11 is 11.5. The molecule has 2 heterocycles. The van der Waals surface area contributed by atoms with Crippen LogP contribution in [0.4, 0.5) is 0 Å². The Kier molecular flexibility index (Phi) is 15.6. The third-order valence-corrected chi connectivity index (χ3v) is 13.2. The molecule has 0 spiro atoms. The third kappa shape index (κ3) is 12.8. The van der Waals surface area contributed by atoms with Gasteiger partial charge in [0.2, 0.25) is 0 Å². The molecule has 2 atom stereocenters. The van der Waals surface area contributed by atoms with Crippen LogP contribution in [0.25, 0.3) is 0 Å². The lowest BCUT2D eigenvalue weighted by Gasteiger charge is -2.21. The van der Waals surface area contributed by atoms with Crippen molar-refractivity contribution >= 4 is 70.6 Å². The van der Waals surface area contributed by atoms with Crippen molar-refractivity contribution in [2.45, 2.75) is 40.8 Å². The predicted octanol–water partition coefficient (Wildman–Crippen LogP) is 5.24. The highest BCUT2D eigenvalue weighted by Crippen LogP contribution is 2.38. The maximum Gasteiger partial charge on any atom is 0.151 e. The summed E-state index contributed by atoms with van der Waals surface area (Å²) in [4.78, 5) is 0. The number of aliphatic hydroxyl groups excluding tert-OH is 2. The fraction of sp³-hybridized carbons (Fsp3) is 0.727. The monoisotopic (exact) mass is 586 g/mol. The minimum Gasteiger partial charge on any atom is -0.491 e. The van der Waals surface area contributed by atoms with Crippen molar-refractivity contribution in [3.63, 3.8) is 0 Å². The average Bonchev–Trinajstić information content (AvgIpc) is 2.88. The Labute approximate surface area is 228 Å². The van der Waals surface area contributed by atoms with Gasteiger partial charge >= 0.3 is 0 Å². The van der Waals surface area contributed by atoms with Crippen molar-refractivity contribution in [3.8, 4) is 11.5 Å². The first kappa shape index (κ1) is 29.3. The molecule has 0 saturated carbocycles. The zero-order valence-corrected chi connectivity index (χ0v) is 24.0. The second kappa shape index (κ2) is 18.1. The number of rotatable bonds is 16. The largest absolute Gasteiger partial charge is 0.491 e. The summed E-state index contributed by atoms with van der Waals surface area (Å²) in [6, 6.07) is 7.26. The number of aliphatic hydroxyl groups is 2. The minimum atomic E-state index is -0.681. The molecule has 1 aromatic rings. The lowest BCUT2D eigenvalue weighted by molar-refractivity contribution is 0.0121. The summed E-state index contributed by atoms with van der Waals surface area (Å²) in [5.41, 5.74) is 0. The second-order valence-corrected chi connectivity index (χ2v) is 16.1. The standard InChI is InChI=1S/C22H34O6S6/c23-17(3-2-7-26-22-33-15-30-16-34-22)11-27-19-4-1-5-20(9-19)28-12-18(24)10-25-8-6-21-31-13-29-14-32-21/h1,4-5,9,17-18,21-24H,2-3,6-8,10-16H2. The molecule has 12 heteroatoms. The van der Waals surface area contributed by atoms with Gasteiger partial charge < -0.3 is 29.2 Å². The van der Waals surface area contributed by atoms with E-state index in [1.54, 1.807) is 6.07 Å². The molecule has 6 nitrogen and oxygen atoms in total. The van der Waals surface area contributed by atoms with Crippen LogP contribution in [-0.4, -0.2) is 85.1 Å². The molecule has 2 N–H and O–H groups in total. The van der Waals surface area contributed by atoms with E-state index in [-0.39, 0.29) is 24.6 Å². The fourth-order valence-corrected chi connectivity index (χ4v) is 12.0. The summed E-state index contributed by atoms with van der Waals surface area (Å²) in [5, 5.41) is 24.8. The first-order valence-electron chi connectivity index (χ1n) is 11.2. The fourth-order valence-electron chi connectivity index (χ4n) is 2.95. The first-order chi connectivity index (χ1) is 16.7. The minimum absolute atomic E-state index is 0.159. The number of hydrogen-bond acceptors (Lipinski definition) is 12. The Morgan fingerprint density at radius 2 is 1.47 bits per heavy atom. The zero-order chi connectivity index (χ0) is 23.8. The lowest BCUT2D eigenvalue weighted by atomic mass is 10.2. The number of ether oxygens (including phenoxy) is 4. The van der Waals surface area contributed by atoms with Gasteiger partial charge in [0.15, 0.2) is 4.77 Å². The van der Waals surface area contributed by atoms with Gasteiger partial charge in [-0.15, -0.1) is 70.6 Å². The van der Waals surface area contributed by atoms with Crippen LogP contribution in [0.1, 0.15) is 19.3 Å². The van der Waals surface area contributed by atoms with Crippen LogP contribution in [-0.2, 0) is 9.47 Å². The van der Waals surface area contributed by atoms with Crippen LogP contribution in [0.3, 0.4) is 0 Å². The molecule has 3 rings (SSSR count). The zero-order valence-electron chi connectivity index (χ0n) is 19.1. The molecule has 0 aromatic heterocycles. The molecule has 2 aliphatic rings. The maximum absolute atomic E-state index is 10.2. The van der Waals surface area contributed by atoms with E-state index in [2.05, 4.69) is 0 Å². The molecular formula is C22H34O6S6. The smallest absolute Gasteiger partial charge is 0.151 e. The normalized spacial score (nSPS) is 19.6. The Hall–Kier alpha value is 0.760. The summed E-state index contributed by atoms with van der Waals surface area (Å²) in [6.07, 6.45) is 1.21. The Balaban J connectivity index is 1.22. The van der Waals surface area contributed by atoms with Crippen LogP contribution in [0.2, 0.25) is 0 Å². The molecule has 2 unspecified atom stereocenters. The Bertz CT molecular complexity index is 611. The second-order valence-electron chi connectivity index (χ2n) is 7.55. The molecule has 0 aliphatic carbocycles. The molecule has 0 amide bonds. The van der Waals surface area contributed by atoms with Gasteiger partial charge in [0.1, 0.15) is 30.8 Å². The van der Waals surface area contributed by atoms with Gasteiger partial charge in [-0.05, 0) is 31.4 Å². The van der Waals surface area contributed by atoms with E-state index in [1.165, 1.54) is 0 Å². The van der Waals surface area contributed by atoms with Crippen LogP contribution >= 0.6 is 70.6 Å². The molecule has 2 aliphatic heterocycles. The summed E-state index contributed by atoms with van der Waals surface area (Å²) in [6.45, 7) is 1.95. The highest BCUT2D eigenvalue weighted by atomic mass is 32.3. The SMILES string of the molecule is OC(CCCOC1SCSCS1)COc1cccc(OCC(O)COCCC2SCSCS2)c1. The van der Waals surface area contributed by atoms with Crippen molar-refractivity contribution in [2.75, 3.05) is 53.4 Å². The van der Waals surface area contributed by atoms with Crippen molar-refractivity contribution in [1.82, 2.24) is 0 Å². The molecule has 2 saturated heterocycles.